The molecule has 1 fully saturated rings. The summed E-state index contributed by atoms with van der Waals surface area (Å²) in [5.41, 5.74) is 0.638. The van der Waals surface area contributed by atoms with Crippen LogP contribution in [0.3, 0.4) is 0 Å². The summed E-state index contributed by atoms with van der Waals surface area (Å²) in [5.74, 6) is 0.274. The van der Waals surface area contributed by atoms with Gasteiger partial charge in [0.25, 0.3) is 0 Å². The molecule has 4 rings (SSSR count). The van der Waals surface area contributed by atoms with E-state index >= 15 is 0 Å². The molecular weight excluding hydrogens is 426 g/mol. The molecule has 1 saturated heterocycles. The molecule has 0 spiro atoms. The SMILES string of the molecule is O=C(OCc1cc(=O)oc2cc(Br)ccc12)C1CCN(c2ncccn2)CC1. The van der Waals surface area contributed by atoms with Gasteiger partial charge in [-0.15, -0.1) is 0 Å². The molecule has 1 aliphatic heterocycles. The highest BCUT2D eigenvalue weighted by atomic mass is 79.9. The zero-order valence-corrected chi connectivity index (χ0v) is 16.6. The molecule has 0 unspecified atom stereocenters. The number of hydrogen-bond acceptors (Lipinski definition) is 7. The summed E-state index contributed by atoms with van der Waals surface area (Å²) in [6, 6.07) is 8.57. The zero-order chi connectivity index (χ0) is 19.5. The van der Waals surface area contributed by atoms with Gasteiger partial charge in [0.2, 0.25) is 5.95 Å². The second-order valence-corrected chi connectivity index (χ2v) is 7.56. The van der Waals surface area contributed by atoms with E-state index in [1.165, 1.54) is 6.07 Å². The minimum absolute atomic E-state index is 0.0462. The molecule has 0 atom stereocenters. The first-order valence-electron chi connectivity index (χ1n) is 9.01. The fraction of sp³-hybridized carbons (Fsp3) is 0.300. The second-order valence-electron chi connectivity index (χ2n) is 6.65. The maximum atomic E-state index is 12.5. The van der Waals surface area contributed by atoms with Crippen molar-refractivity contribution in [2.75, 3.05) is 18.0 Å². The van der Waals surface area contributed by atoms with E-state index in [4.69, 9.17) is 9.15 Å². The Morgan fingerprint density at radius 1 is 1.21 bits per heavy atom. The van der Waals surface area contributed by atoms with Crippen LogP contribution in [-0.4, -0.2) is 29.0 Å². The number of halogens is 1. The van der Waals surface area contributed by atoms with Crippen LogP contribution in [0.1, 0.15) is 18.4 Å². The number of carbonyl (C=O) groups is 1. The van der Waals surface area contributed by atoms with Crippen LogP contribution in [0.5, 0.6) is 0 Å². The maximum absolute atomic E-state index is 12.5. The zero-order valence-electron chi connectivity index (χ0n) is 15.0. The van der Waals surface area contributed by atoms with Crippen LogP contribution in [0.4, 0.5) is 5.95 Å². The Hall–Kier alpha value is -2.74. The molecule has 0 bridgehead atoms. The highest BCUT2D eigenvalue weighted by molar-refractivity contribution is 9.10. The molecule has 28 heavy (non-hydrogen) atoms. The summed E-state index contributed by atoms with van der Waals surface area (Å²) >= 11 is 3.36. The number of nitrogens with zero attached hydrogens (tertiary/aromatic N) is 3. The van der Waals surface area contributed by atoms with Gasteiger partial charge >= 0.3 is 11.6 Å². The molecule has 0 saturated carbocycles. The predicted molar refractivity (Wildman–Crippen MR) is 107 cm³/mol. The van der Waals surface area contributed by atoms with E-state index in [2.05, 4.69) is 30.8 Å². The number of rotatable bonds is 4. The summed E-state index contributed by atoms with van der Waals surface area (Å²) in [4.78, 5) is 34.9. The summed E-state index contributed by atoms with van der Waals surface area (Å²) in [6.07, 6.45) is 4.79. The van der Waals surface area contributed by atoms with Crippen LogP contribution in [0.15, 0.2) is 56.4 Å². The lowest BCUT2D eigenvalue weighted by atomic mass is 9.97. The Balaban J connectivity index is 1.39. The smallest absolute Gasteiger partial charge is 0.336 e. The number of fused-ring (bicyclic) bond motifs is 1. The molecule has 3 aromatic rings. The fourth-order valence-electron chi connectivity index (χ4n) is 3.36. The van der Waals surface area contributed by atoms with Crippen LogP contribution < -0.4 is 10.5 Å². The largest absolute Gasteiger partial charge is 0.461 e. The summed E-state index contributed by atoms with van der Waals surface area (Å²) in [7, 11) is 0. The number of ether oxygens (including phenoxy) is 1. The van der Waals surface area contributed by atoms with Crippen molar-refractivity contribution in [2.45, 2.75) is 19.4 Å². The Labute approximate surface area is 169 Å². The first-order valence-corrected chi connectivity index (χ1v) is 9.80. The van der Waals surface area contributed by atoms with E-state index in [1.54, 1.807) is 24.5 Å². The molecule has 0 amide bonds. The van der Waals surface area contributed by atoms with Crippen molar-refractivity contribution >= 4 is 38.8 Å². The summed E-state index contributed by atoms with van der Waals surface area (Å²) in [5, 5.41) is 0.756. The van der Waals surface area contributed by atoms with Gasteiger partial charge in [0.1, 0.15) is 12.2 Å². The third-order valence-corrected chi connectivity index (χ3v) is 5.32. The molecular formula is C20H18BrN3O4. The Morgan fingerprint density at radius 2 is 1.96 bits per heavy atom. The van der Waals surface area contributed by atoms with E-state index in [-0.39, 0.29) is 18.5 Å². The molecule has 3 heterocycles. The molecule has 1 aromatic carbocycles. The molecule has 1 aliphatic rings. The van der Waals surface area contributed by atoms with Crippen molar-refractivity contribution in [3.8, 4) is 0 Å². The van der Waals surface area contributed by atoms with Gasteiger partial charge in [-0.3, -0.25) is 4.79 Å². The normalized spacial score (nSPS) is 15.0. The van der Waals surface area contributed by atoms with E-state index in [0.29, 0.717) is 43.0 Å². The number of benzene rings is 1. The predicted octanol–water partition coefficient (Wildman–Crippen LogP) is 3.31. The van der Waals surface area contributed by atoms with Crippen molar-refractivity contribution in [3.05, 3.63) is 63.2 Å². The van der Waals surface area contributed by atoms with Crippen molar-refractivity contribution in [2.24, 2.45) is 5.92 Å². The van der Waals surface area contributed by atoms with E-state index in [9.17, 15) is 9.59 Å². The van der Waals surface area contributed by atoms with Crippen molar-refractivity contribution in [3.63, 3.8) is 0 Å². The van der Waals surface area contributed by atoms with Gasteiger partial charge in [0.15, 0.2) is 0 Å². The van der Waals surface area contributed by atoms with E-state index in [0.717, 1.165) is 9.86 Å². The van der Waals surface area contributed by atoms with Crippen LogP contribution in [0.2, 0.25) is 0 Å². The average Bonchev–Trinajstić information content (AvgIpc) is 2.72. The minimum atomic E-state index is -0.465. The first kappa shape index (κ1) is 18.6. The molecule has 8 heteroatoms. The molecule has 7 nitrogen and oxygen atoms in total. The van der Waals surface area contributed by atoms with Gasteiger partial charge in [-0.1, -0.05) is 15.9 Å². The van der Waals surface area contributed by atoms with Gasteiger partial charge in [0, 0.05) is 47.0 Å². The summed E-state index contributed by atoms with van der Waals surface area (Å²) < 4.78 is 11.5. The molecule has 2 aromatic heterocycles. The van der Waals surface area contributed by atoms with Gasteiger partial charge in [-0.25, -0.2) is 14.8 Å². The topological polar surface area (TPSA) is 85.5 Å². The molecule has 0 radical (unpaired) electrons. The quantitative estimate of drug-likeness (QED) is 0.451. The Morgan fingerprint density at radius 3 is 2.71 bits per heavy atom. The molecule has 144 valence electrons. The number of piperidine rings is 1. The standard InChI is InChI=1S/C20H18BrN3O4/c21-15-2-3-16-14(10-18(25)28-17(16)11-15)12-27-19(26)13-4-8-24(9-5-13)20-22-6-1-7-23-20/h1-3,6-7,10-11,13H,4-5,8-9,12H2. The lowest BCUT2D eigenvalue weighted by molar-refractivity contribution is -0.150. The average molecular weight is 444 g/mol. The maximum Gasteiger partial charge on any atom is 0.336 e. The van der Waals surface area contributed by atoms with Gasteiger partial charge in [-0.2, -0.15) is 0 Å². The second kappa shape index (κ2) is 8.10. The highest BCUT2D eigenvalue weighted by Gasteiger charge is 2.27. The third-order valence-electron chi connectivity index (χ3n) is 4.83. The third kappa shape index (κ3) is 4.06. The number of aromatic nitrogens is 2. The number of esters is 1. The molecule has 0 aliphatic carbocycles. The Kier molecular flexibility index (Phi) is 5.38. The highest BCUT2D eigenvalue weighted by Crippen LogP contribution is 2.24. The van der Waals surface area contributed by atoms with Crippen molar-refractivity contribution in [1.82, 2.24) is 9.97 Å². The molecule has 0 N–H and O–H groups in total. The van der Waals surface area contributed by atoms with Crippen LogP contribution in [-0.2, 0) is 16.1 Å². The van der Waals surface area contributed by atoms with Crippen molar-refractivity contribution < 1.29 is 13.9 Å². The van der Waals surface area contributed by atoms with Gasteiger partial charge < -0.3 is 14.1 Å². The van der Waals surface area contributed by atoms with Gasteiger partial charge in [0.05, 0.1) is 5.92 Å². The monoisotopic (exact) mass is 443 g/mol. The van der Waals surface area contributed by atoms with Crippen molar-refractivity contribution in [1.29, 1.82) is 0 Å². The summed E-state index contributed by atoms with van der Waals surface area (Å²) in [6.45, 7) is 1.45. The first-order chi connectivity index (χ1) is 13.6. The fourth-order valence-corrected chi connectivity index (χ4v) is 3.70. The minimum Gasteiger partial charge on any atom is -0.461 e. The number of hydrogen-bond donors (Lipinski definition) is 0. The van der Waals surface area contributed by atoms with Gasteiger partial charge in [-0.05, 0) is 37.1 Å². The van der Waals surface area contributed by atoms with Crippen LogP contribution >= 0.6 is 15.9 Å². The van der Waals surface area contributed by atoms with Crippen LogP contribution in [0, 0.1) is 5.92 Å². The Bertz CT molecular complexity index is 1050. The van der Waals surface area contributed by atoms with Crippen LogP contribution in [0.25, 0.3) is 11.0 Å². The number of carbonyl (C=O) groups excluding carboxylic acids is 1. The van der Waals surface area contributed by atoms with E-state index in [1.807, 2.05) is 12.1 Å². The number of anilines is 1. The lowest BCUT2D eigenvalue weighted by Gasteiger charge is -2.30. The van der Waals surface area contributed by atoms with E-state index < -0.39 is 5.63 Å². The lowest BCUT2D eigenvalue weighted by Crippen LogP contribution is -2.37.